The van der Waals surface area contributed by atoms with Crippen molar-refractivity contribution in [3.8, 4) is 0 Å². The van der Waals surface area contributed by atoms with Crippen LogP contribution in [0.1, 0.15) is 34.6 Å². The Morgan fingerprint density at radius 2 is 1.85 bits per heavy atom. The lowest BCUT2D eigenvalue weighted by Crippen LogP contribution is -2.52. The first kappa shape index (κ1) is 10.6. The Morgan fingerprint density at radius 1 is 1.31 bits per heavy atom. The zero-order chi connectivity index (χ0) is 10.2. The molecule has 0 aromatic carbocycles. The van der Waals surface area contributed by atoms with Crippen molar-refractivity contribution in [1.29, 1.82) is 0 Å². The van der Waals surface area contributed by atoms with Crippen LogP contribution < -0.4 is 0 Å². The molecular formula is C11H22N2. The summed E-state index contributed by atoms with van der Waals surface area (Å²) in [5.74, 6) is 1.25. The van der Waals surface area contributed by atoms with E-state index in [0.717, 1.165) is 0 Å². The highest BCUT2D eigenvalue weighted by molar-refractivity contribution is 5.60. The number of hydrogen-bond acceptors (Lipinski definition) is 2. The topological polar surface area (TPSA) is 15.6 Å². The van der Waals surface area contributed by atoms with Gasteiger partial charge in [-0.1, -0.05) is 27.7 Å². The van der Waals surface area contributed by atoms with Gasteiger partial charge in [0.1, 0.15) is 0 Å². The molecule has 1 aliphatic heterocycles. The van der Waals surface area contributed by atoms with Gasteiger partial charge in [-0.25, -0.2) is 0 Å². The molecule has 2 atom stereocenters. The maximum Gasteiger partial charge on any atom is 0.0857 e. The van der Waals surface area contributed by atoms with Gasteiger partial charge in [-0.05, 0) is 18.8 Å². The second-order valence-electron chi connectivity index (χ2n) is 4.94. The molecule has 0 spiro atoms. The second-order valence-corrected chi connectivity index (χ2v) is 4.94. The van der Waals surface area contributed by atoms with Crippen LogP contribution >= 0.6 is 0 Å². The Hall–Kier alpha value is -0.530. The summed E-state index contributed by atoms with van der Waals surface area (Å²) in [7, 11) is 2.13. The van der Waals surface area contributed by atoms with Crippen molar-refractivity contribution in [3.63, 3.8) is 0 Å². The van der Waals surface area contributed by atoms with Crippen LogP contribution in [-0.4, -0.2) is 29.9 Å². The van der Waals surface area contributed by atoms with Crippen molar-refractivity contribution >= 4 is 6.34 Å². The van der Waals surface area contributed by atoms with Gasteiger partial charge in [0.05, 0.1) is 17.9 Å². The molecule has 0 saturated carbocycles. The van der Waals surface area contributed by atoms with Crippen molar-refractivity contribution in [2.75, 3.05) is 7.05 Å². The van der Waals surface area contributed by atoms with E-state index in [-0.39, 0.29) is 5.54 Å². The molecule has 1 unspecified atom stereocenters. The average Bonchev–Trinajstić information content (AvgIpc) is 2.30. The van der Waals surface area contributed by atoms with E-state index in [0.29, 0.717) is 17.9 Å². The zero-order valence-corrected chi connectivity index (χ0v) is 9.70. The Morgan fingerprint density at radius 3 is 2.15 bits per heavy atom. The van der Waals surface area contributed by atoms with Crippen LogP contribution in [0, 0.1) is 11.8 Å². The van der Waals surface area contributed by atoms with Crippen LogP contribution in [0.3, 0.4) is 0 Å². The minimum atomic E-state index is 0.203. The van der Waals surface area contributed by atoms with Crippen LogP contribution in [0.25, 0.3) is 0 Å². The lowest BCUT2D eigenvalue weighted by molar-refractivity contribution is 0.128. The number of likely N-dealkylation sites (N-methyl/N-ethyl adjacent to an activating group) is 1. The summed E-state index contributed by atoms with van der Waals surface area (Å²) < 4.78 is 0. The van der Waals surface area contributed by atoms with Gasteiger partial charge in [0.15, 0.2) is 0 Å². The summed E-state index contributed by atoms with van der Waals surface area (Å²) in [4.78, 5) is 6.86. The third-order valence-electron chi connectivity index (χ3n) is 3.56. The Kier molecular flexibility index (Phi) is 2.69. The predicted octanol–water partition coefficient (Wildman–Crippen LogP) is 2.40. The molecule has 0 aromatic heterocycles. The summed E-state index contributed by atoms with van der Waals surface area (Å²) >= 11 is 0. The smallest absolute Gasteiger partial charge is 0.0857 e. The first-order chi connectivity index (χ1) is 5.90. The predicted molar refractivity (Wildman–Crippen MR) is 58.1 cm³/mol. The minimum Gasteiger partial charge on any atom is -0.358 e. The van der Waals surface area contributed by atoms with E-state index < -0.39 is 0 Å². The molecule has 0 aliphatic carbocycles. The molecule has 0 bridgehead atoms. The molecule has 0 amide bonds. The lowest BCUT2D eigenvalue weighted by atomic mass is 9.77. The van der Waals surface area contributed by atoms with Gasteiger partial charge in [-0.2, -0.15) is 0 Å². The fourth-order valence-corrected chi connectivity index (χ4v) is 2.25. The molecule has 0 fully saturated rings. The zero-order valence-electron chi connectivity index (χ0n) is 9.70. The molecule has 0 N–H and O–H groups in total. The van der Waals surface area contributed by atoms with E-state index in [1.807, 2.05) is 6.34 Å². The van der Waals surface area contributed by atoms with Gasteiger partial charge in [-0.15, -0.1) is 0 Å². The fraction of sp³-hybridized carbons (Fsp3) is 0.909. The van der Waals surface area contributed by atoms with E-state index >= 15 is 0 Å². The molecule has 1 heterocycles. The second kappa shape index (κ2) is 3.32. The van der Waals surface area contributed by atoms with Crippen LogP contribution in [-0.2, 0) is 0 Å². The summed E-state index contributed by atoms with van der Waals surface area (Å²) in [5, 5.41) is 0. The summed E-state index contributed by atoms with van der Waals surface area (Å²) in [6, 6.07) is 0.442. The van der Waals surface area contributed by atoms with Crippen LogP contribution in [0.4, 0.5) is 0 Å². The Balaban J connectivity index is 2.93. The van der Waals surface area contributed by atoms with Crippen LogP contribution in [0.5, 0.6) is 0 Å². The van der Waals surface area contributed by atoms with Crippen molar-refractivity contribution < 1.29 is 0 Å². The number of rotatable bonds is 2. The van der Waals surface area contributed by atoms with Crippen LogP contribution in [0.15, 0.2) is 4.99 Å². The summed E-state index contributed by atoms with van der Waals surface area (Å²) in [6.07, 6.45) is 1.99. The van der Waals surface area contributed by atoms with E-state index in [1.54, 1.807) is 0 Å². The molecule has 1 aliphatic rings. The molecule has 0 radical (unpaired) electrons. The highest BCUT2D eigenvalue weighted by atomic mass is 15.3. The van der Waals surface area contributed by atoms with Gasteiger partial charge in [0.25, 0.3) is 0 Å². The fourth-order valence-electron chi connectivity index (χ4n) is 2.25. The molecule has 2 heteroatoms. The van der Waals surface area contributed by atoms with Gasteiger partial charge in [-0.3, -0.25) is 4.99 Å². The van der Waals surface area contributed by atoms with Crippen molar-refractivity contribution in [2.45, 2.75) is 46.2 Å². The maximum atomic E-state index is 4.59. The third-order valence-corrected chi connectivity index (χ3v) is 3.56. The monoisotopic (exact) mass is 182 g/mol. The largest absolute Gasteiger partial charge is 0.358 e. The lowest BCUT2D eigenvalue weighted by Gasteiger charge is -2.42. The van der Waals surface area contributed by atoms with Gasteiger partial charge in [0.2, 0.25) is 0 Å². The van der Waals surface area contributed by atoms with E-state index in [2.05, 4.69) is 51.6 Å². The average molecular weight is 182 g/mol. The maximum absolute atomic E-state index is 4.59. The molecule has 0 aromatic rings. The highest BCUT2D eigenvalue weighted by Crippen LogP contribution is 2.35. The Bertz CT molecular complexity index is 208. The minimum absolute atomic E-state index is 0.203. The number of hydrogen-bond donors (Lipinski definition) is 0. The normalized spacial score (nSPS) is 33.8. The number of nitrogens with zero attached hydrogens (tertiary/aromatic N) is 2. The van der Waals surface area contributed by atoms with E-state index in [1.165, 1.54) is 0 Å². The SMILES string of the molecule is CC(C)C1N=CN(C)[C@@]1(C)C(C)C. The van der Waals surface area contributed by atoms with E-state index in [4.69, 9.17) is 0 Å². The molecule has 76 valence electrons. The van der Waals surface area contributed by atoms with Gasteiger partial charge < -0.3 is 4.90 Å². The first-order valence-corrected chi connectivity index (χ1v) is 5.17. The molecule has 2 nitrogen and oxygen atoms in total. The molecule has 1 rings (SSSR count). The van der Waals surface area contributed by atoms with Crippen molar-refractivity contribution in [1.82, 2.24) is 4.90 Å². The van der Waals surface area contributed by atoms with Gasteiger partial charge in [0, 0.05) is 7.05 Å². The first-order valence-electron chi connectivity index (χ1n) is 5.17. The Labute approximate surface area is 82.0 Å². The molecular weight excluding hydrogens is 160 g/mol. The standard InChI is InChI=1S/C11H22N2/c1-8(2)10-11(5,9(3)4)13(6)7-12-10/h7-10H,1-6H3/t10?,11-/m0/s1. The number of aliphatic imine (C=N–C) groups is 1. The summed E-state index contributed by atoms with van der Waals surface area (Å²) in [5.41, 5.74) is 0.203. The van der Waals surface area contributed by atoms with Crippen molar-refractivity contribution in [2.24, 2.45) is 16.8 Å². The molecule has 0 saturated heterocycles. The van der Waals surface area contributed by atoms with Crippen molar-refractivity contribution in [3.05, 3.63) is 0 Å². The highest BCUT2D eigenvalue weighted by Gasteiger charge is 2.44. The third kappa shape index (κ3) is 1.47. The van der Waals surface area contributed by atoms with Gasteiger partial charge >= 0.3 is 0 Å². The van der Waals surface area contributed by atoms with Crippen LogP contribution in [0.2, 0.25) is 0 Å². The molecule has 13 heavy (non-hydrogen) atoms. The van der Waals surface area contributed by atoms with E-state index in [9.17, 15) is 0 Å². The summed E-state index contributed by atoms with van der Waals surface area (Å²) in [6.45, 7) is 11.4. The quantitative estimate of drug-likeness (QED) is 0.640.